The molecular formula is C25H31N3O3S. The third kappa shape index (κ3) is 4.64. The van der Waals surface area contributed by atoms with Crippen molar-refractivity contribution in [1.29, 1.82) is 0 Å². The molecule has 2 heterocycles. The summed E-state index contributed by atoms with van der Waals surface area (Å²) in [5.74, 6) is 1.36. The Kier molecular flexibility index (Phi) is 5.86. The molecule has 2 fully saturated rings. The largest absolute Gasteiger partial charge is 0.497 e. The van der Waals surface area contributed by atoms with Crippen LogP contribution in [0.2, 0.25) is 0 Å². The molecule has 6 nitrogen and oxygen atoms in total. The second-order valence-corrected chi connectivity index (χ2v) is 11.4. The Labute approximate surface area is 189 Å². The number of anilines is 1. The number of fused-ring (bicyclic) bond motifs is 1. The highest BCUT2D eigenvalue weighted by Crippen LogP contribution is 2.33. The highest BCUT2D eigenvalue weighted by molar-refractivity contribution is 7.91. The monoisotopic (exact) mass is 453 g/mol. The summed E-state index contributed by atoms with van der Waals surface area (Å²) in [6, 6.07) is 15.3. The van der Waals surface area contributed by atoms with E-state index in [1.165, 1.54) is 36.6 Å². The Bertz CT molecular complexity index is 1180. The number of nitrogens with zero attached hydrogens (tertiary/aromatic N) is 1. The number of hydrogen-bond acceptors (Lipinski definition) is 5. The van der Waals surface area contributed by atoms with Crippen LogP contribution in [-0.4, -0.2) is 56.0 Å². The minimum Gasteiger partial charge on any atom is -0.497 e. The van der Waals surface area contributed by atoms with Crippen LogP contribution < -0.4 is 10.1 Å². The van der Waals surface area contributed by atoms with Gasteiger partial charge >= 0.3 is 0 Å². The Morgan fingerprint density at radius 2 is 1.78 bits per heavy atom. The second kappa shape index (κ2) is 8.79. The minimum atomic E-state index is -2.87. The fourth-order valence-corrected chi connectivity index (χ4v) is 6.17. The molecule has 1 aromatic heterocycles. The number of aromatic amines is 1. The summed E-state index contributed by atoms with van der Waals surface area (Å²) in [5.41, 5.74) is 5.70. The SMILES string of the molecule is COc1ccc(-c2cc3cc(CN4CCS(=O)(=O)CC4)cc(NC4CCCC4)c3[nH]2)cc1. The third-order valence-corrected chi connectivity index (χ3v) is 8.36. The number of sulfone groups is 1. The van der Waals surface area contributed by atoms with E-state index in [2.05, 4.69) is 45.5 Å². The van der Waals surface area contributed by atoms with Gasteiger partial charge in [-0.25, -0.2) is 8.42 Å². The van der Waals surface area contributed by atoms with Crippen molar-refractivity contribution in [2.45, 2.75) is 38.3 Å². The molecule has 1 aliphatic heterocycles. The van der Waals surface area contributed by atoms with Crippen molar-refractivity contribution in [3.63, 3.8) is 0 Å². The maximum Gasteiger partial charge on any atom is 0.152 e. The molecule has 2 aliphatic rings. The number of rotatable bonds is 6. The van der Waals surface area contributed by atoms with Crippen molar-refractivity contribution in [2.75, 3.05) is 37.0 Å². The van der Waals surface area contributed by atoms with Crippen LogP contribution in [0.25, 0.3) is 22.2 Å². The summed E-state index contributed by atoms with van der Waals surface area (Å²) in [7, 11) is -1.19. The molecule has 7 heteroatoms. The fourth-order valence-electron chi connectivity index (χ4n) is 4.89. The maximum absolute atomic E-state index is 11.8. The van der Waals surface area contributed by atoms with Crippen molar-refractivity contribution in [2.24, 2.45) is 0 Å². The standard InChI is InChI=1S/C25H31N3O3S/c1-31-22-8-6-19(7-9-22)23-16-20-14-18(17-28-10-12-32(29,30)13-11-28)15-24(25(20)27-23)26-21-4-2-3-5-21/h6-9,14-16,21,26-27H,2-5,10-13,17H2,1H3. The molecule has 2 N–H and O–H groups in total. The van der Waals surface area contributed by atoms with Crippen LogP contribution in [0.1, 0.15) is 31.2 Å². The third-order valence-electron chi connectivity index (χ3n) is 6.75. The van der Waals surface area contributed by atoms with E-state index in [0.29, 0.717) is 19.1 Å². The number of methoxy groups -OCH3 is 1. The quantitative estimate of drug-likeness (QED) is 0.578. The Hall–Kier alpha value is -2.51. The lowest BCUT2D eigenvalue weighted by Crippen LogP contribution is -2.39. The predicted molar refractivity (Wildman–Crippen MR) is 130 cm³/mol. The Morgan fingerprint density at radius 1 is 1.06 bits per heavy atom. The fraction of sp³-hybridized carbons (Fsp3) is 0.440. The lowest BCUT2D eigenvalue weighted by molar-refractivity contribution is 0.288. The summed E-state index contributed by atoms with van der Waals surface area (Å²) < 4.78 is 28.9. The van der Waals surface area contributed by atoms with E-state index in [1.54, 1.807) is 7.11 Å². The molecular weight excluding hydrogens is 422 g/mol. The highest BCUT2D eigenvalue weighted by atomic mass is 32.2. The van der Waals surface area contributed by atoms with Gasteiger partial charge in [0.1, 0.15) is 5.75 Å². The lowest BCUT2D eigenvalue weighted by atomic mass is 10.1. The lowest BCUT2D eigenvalue weighted by Gasteiger charge is -2.27. The first-order valence-electron chi connectivity index (χ1n) is 11.5. The summed E-state index contributed by atoms with van der Waals surface area (Å²) in [4.78, 5) is 5.89. The second-order valence-electron chi connectivity index (χ2n) is 9.07. The zero-order valence-corrected chi connectivity index (χ0v) is 19.4. The van der Waals surface area contributed by atoms with Gasteiger partial charge in [-0.15, -0.1) is 0 Å². The van der Waals surface area contributed by atoms with Gasteiger partial charge in [-0.05, 0) is 66.4 Å². The molecule has 1 saturated heterocycles. The average Bonchev–Trinajstić information content (AvgIpc) is 3.45. The molecule has 0 spiro atoms. The number of ether oxygens (including phenoxy) is 1. The zero-order valence-electron chi connectivity index (χ0n) is 18.6. The number of aromatic nitrogens is 1. The highest BCUT2D eigenvalue weighted by Gasteiger charge is 2.22. The van der Waals surface area contributed by atoms with Crippen LogP contribution in [-0.2, 0) is 16.4 Å². The van der Waals surface area contributed by atoms with E-state index >= 15 is 0 Å². The maximum atomic E-state index is 11.8. The molecule has 32 heavy (non-hydrogen) atoms. The number of benzene rings is 2. The Balaban J connectivity index is 1.47. The molecule has 0 radical (unpaired) electrons. The molecule has 2 aromatic carbocycles. The van der Waals surface area contributed by atoms with Crippen LogP contribution in [0.4, 0.5) is 5.69 Å². The van der Waals surface area contributed by atoms with E-state index < -0.39 is 9.84 Å². The van der Waals surface area contributed by atoms with Crippen molar-refractivity contribution < 1.29 is 13.2 Å². The molecule has 0 amide bonds. The van der Waals surface area contributed by atoms with Gasteiger partial charge in [-0.1, -0.05) is 12.8 Å². The van der Waals surface area contributed by atoms with Crippen LogP contribution in [0, 0.1) is 0 Å². The first kappa shape index (κ1) is 21.3. The Morgan fingerprint density at radius 3 is 2.47 bits per heavy atom. The normalized spacial score (nSPS) is 19.4. The van der Waals surface area contributed by atoms with E-state index in [9.17, 15) is 8.42 Å². The van der Waals surface area contributed by atoms with E-state index in [4.69, 9.17) is 4.74 Å². The van der Waals surface area contributed by atoms with Gasteiger partial charge in [0.05, 0.1) is 29.8 Å². The first-order valence-corrected chi connectivity index (χ1v) is 13.3. The van der Waals surface area contributed by atoms with Crippen molar-refractivity contribution >= 4 is 26.4 Å². The first-order chi connectivity index (χ1) is 15.5. The van der Waals surface area contributed by atoms with Gasteiger partial charge in [0.15, 0.2) is 9.84 Å². The summed E-state index contributed by atoms with van der Waals surface area (Å²) >= 11 is 0. The molecule has 0 unspecified atom stereocenters. The molecule has 1 aliphatic carbocycles. The average molecular weight is 454 g/mol. The van der Waals surface area contributed by atoms with Crippen LogP contribution >= 0.6 is 0 Å². The van der Waals surface area contributed by atoms with Gasteiger partial charge in [0.25, 0.3) is 0 Å². The van der Waals surface area contributed by atoms with E-state index in [0.717, 1.165) is 34.8 Å². The summed E-state index contributed by atoms with van der Waals surface area (Å²) in [5, 5.41) is 4.97. The molecule has 1 saturated carbocycles. The predicted octanol–water partition coefficient (Wildman–Crippen LogP) is 4.43. The number of nitrogens with one attached hydrogen (secondary N) is 2. The number of hydrogen-bond donors (Lipinski definition) is 2. The van der Waals surface area contributed by atoms with Crippen LogP contribution in [0.5, 0.6) is 5.75 Å². The van der Waals surface area contributed by atoms with Crippen molar-refractivity contribution in [3.8, 4) is 17.0 Å². The van der Waals surface area contributed by atoms with Gasteiger partial charge < -0.3 is 15.0 Å². The molecule has 3 aromatic rings. The summed E-state index contributed by atoms with van der Waals surface area (Å²) in [6.07, 6.45) is 4.98. The number of H-pyrrole nitrogens is 1. The molecule has 0 atom stereocenters. The van der Waals surface area contributed by atoms with Gasteiger partial charge in [0.2, 0.25) is 0 Å². The van der Waals surface area contributed by atoms with Gasteiger partial charge in [0, 0.05) is 36.8 Å². The minimum absolute atomic E-state index is 0.258. The molecule has 0 bridgehead atoms. The van der Waals surface area contributed by atoms with Crippen LogP contribution in [0.15, 0.2) is 42.5 Å². The van der Waals surface area contributed by atoms with Crippen molar-refractivity contribution in [3.05, 3.63) is 48.0 Å². The van der Waals surface area contributed by atoms with Crippen molar-refractivity contribution in [1.82, 2.24) is 9.88 Å². The topological polar surface area (TPSA) is 74.4 Å². The zero-order chi connectivity index (χ0) is 22.1. The van der Waals surface area contributed by atoms with E-state index in [-0.39, 0.29) is 11.5 Å². The van der Waals surface area contributed by atoms with Gasteiger partial charge in [-0.2, -0.15) is 0 Å². The van der Waals surface area contributed by atoms with Crippen LogP contribution in [0.3, 0.4) is 0 Å². The molecule has 170 valence electrons. The molecule has 5 rings (SSSR count). The van der Waals surface area contributed by atoms with Gasteiger partial charge in [-0.3, -0.25) is 4.90 Å². The summed E-state index contributed by atoms with van der Waals surface area (Å²) in [6.45, 7) is 1.99. The smallest absolute Gasteiger partial charge is 0.152 e. The van der Waals surface area contributed by atoms with E-state index in [1.807, 2.05) is 12.1 Å².